The molecular weight excluding hydrogens is 204 g/mol. The molecule has 0 aliphatic carbocycles. The summed E-state index contributed by atoms with van der Waals surface area (Å²) >= 11 is 0. The number of nitrogens with two attached hydrogens (primary N) is 1. The molecule has 1 amide bonds. The second kappa shape index (κ2) is 6.21. The number of carbonyl (C=O) groups excluding carboxylic acids is 1. The zero-order valence-electron chi connectivity index (χ0n) is 10.2. The average molecular weight is 228 g/mol. The lowest BCUT2D eigenvalue weighted by Gasteiger charge is -2.36. The summed E-state index contributed by atoms with van der Waals surface area (Å²) in [6, 6.07) is 0. The van der Waals surface area contributed by atoms with Gasteiger partial charge in [-0.1, -0.05) is 6.42 Å². The van der Waals surface area contributed by atoms with Gasteiger partial charge in [-0.2, -0.15) is 0 Å². The molecule has 1 rings (SSSR count). The third-order valence-electron chi connectivity index (χ3n) is 3.12. The highest BCUT2D eigenvalue weighted by molar-refractivity contribution is 5.76. The largest absolute Gasteiger partial charge is 0.388 e. The quantitative estimate of drug-likeness (QED) is 0.686. The van der Waals surface area contributed by atoms with Crippen LogP contribution in [0.1, 0.15) is 45.4 Å². The number of hydrogen-bond acceptors (Lipinski definition) is 3. The maximum absolute atomic E-state index is 11.8. The first-order chi connectivity index (χ1) is 7.55. The number of hydrogen-bond donors (Lipinski definition) is 2. The van der Waals surface area contributed by atoms with Crippen molar-refractivity contribution in [3.05, 3.63) is 0 Å². The van der Waals surface area contributed by atoms with Crippen molar-refractivity contribution in [1.29, 1.82) is 0 Å². The van der Waals surface area contributed by atoms with Crippen LogP contribution in [0.5, 0.6) is 0 Å². The van der Waals surface area contributed by atoms with E-state index in [0.29, 0.717) is 19.5 Å². The van der Waals surface area contributed by atoms with Crippen LogP contribution >= 0.6 is 0 Å². The van der Waals surface area contributed by atoms with Crippen molar-refractivity contribution in [3.63, 3.8) is 0 Å². The van der Waals surface area contributed by atoms with Gasteiger partial charge >= 0.3 is 0 Å². The molecule has 1 unspecified atom stereocenters. The maximum Gasteiger partial charge on any atom is 0.222 e. The highest BCUT2D eigenvalue weighted by Gasteiger charge is 2.30. The summed E-state index contributed by atoms with van der Waals surface area (Å²) in [6.45, 7) is 3.79. The Bertz CT molecular complexity index is 229. The van der Waals surface area contributed by atoms with Gasteiger partial charge in [0.05, 0.1) is 5.60 Å². The number of carbonyl (C=O) groups is 1. The third kappa shape index (κ3) is 4.49. The predicted octanol–water partition coefficient (Wildman–Crippen LogP) is 0.879. The van der Waals surface area contributed by atoms with Crippen molar-refractivity contribution in [2.24, 2.45) is 5.73 Å². The van der Waals surface area contributed by atoms with Crippen LogP contribution in [-0.4, -0.2) is 41.1 Å². The van der Waals surface area contributed by atoms with E-state index in [2.05, 4.69) is 0 Å². The van der Waals surface area contributed by atoms with E-state index in [1.54, 1.807) is 11.8 Å². The zero-order valence-corrected chi connectivity index (χ0v) is 10.2. The molecule has 1 aliphatic heterocycles. The van der Waals surface area contributed by atoms with Crippen molar-refractivity contribution < 1.29 is 9.90 Å². The molecular formula is C12H24N2O2. The lowest BCUT2D eigenvalue weighted by atomic mass is 9.95. The fraction of sp³-hybridized carbons (Fsp3) is 0.917. The number of amides is 1. The topological polar surface area (TPSA) is 66.6 Å². The summed E-state index contributed by atoms with van der Waals surface area (Å²) in [4.78, 5) is 13.6. The van der Waals surface area contributed by atoms with E-state index >= 15 is 0 Å². The predicted molar refractivity (Wildman–Crippen MR) is 64.0 cm³/mol. The van der Waals surface area contributed by atoms with Gasteiger partial charge in [-0.05, 0) is 39.2 Å². The van der Waals surface area contributed by atoms with Gasteiger partial charge in [-0.25, -0.2) is 0 Å². The SMILES string of the molecule is CC1(O)CCCN(C(=O)CCCCCN)C1. The molecule has 0 spiro atoms. The van der Waals surface area contributed by atoms with Crippen LogP contribution in [0.4, 0.5) is 0 Å². The summed E-state index contributed by atoms with van der Waals surface area (Å²) in [6.07, 6.45) is 5.22. The standard InChI is InChI=1S/C12H24N2O2/c1-12(16)7-5-9-14(10-12)11(15)6-3-2-4-8-13/h16H,2-10,13H2,1H3. The van der Waals surface area contributed by atoms with E-state index < -0.39 is 5.60 Å². The first-order valence-electron chi connectivity index (χ1n) is 6.25. The zero-order chi connectivity index (χ0) is 12.0. The van der Waals surface area contributed by atoms with Crippen LogP contribution < -0.4 is 5.73 Å². The van der Waals surface area contributed by atoms with Crippen LogP contribution in [0.15, 0.2) is 0 Å². The number of piperidine rings is 1. The van der Waals surface area contributed by atoms with E-state index in [0.717, 1.165) is 38.6 Å². The molecule has 3 N–H and O–H groups in total. The number of nitrogens with zero attached hydrogens (tertiary/aromatic N) is 1. The Morgan fingerprint density at radius 1 is 1.44 bits per heavy atom. The van der Waals surface area contributed by atoms with Crippen LogP contribution in [0.3, 0.4) is 0 Å². The molecule has 0 bridgehead atoms. The van der Waals surface area contributed by atoms with Crippen molar-refractivity contribution >= 4 is 5.91 Å². The normalized spacial score (nSPS) is 25.8. The fourth-order valence-corrected chi connectivity index (χ4v) is 2.19. The lowest BCUT2D eigenvalue weighted by molar-refractivity contribution is -0.137. The molecule has 1 heterocycles. The van der Waals surface area contributed by atoms with Crippen LogP contribution in [-0.2, 0) is 4.79 Å². The Labute approximate surface area is 97.8 Å². The Balaban J connectivity index is 2.25. The summed E-state index contributed by atoms with van der Waals surface area (Å²) < 4.78 is 0. The molecule has 0 aromatic rings. The van der Waals surface area contributed by atoms with Gasteiger partial charge in [0.15, 0.2) is 0 Å². The minimum absolute atomic E-state index is 0.178. The summed E-state index contributed by atoms with van der Waals surface area (Å²) in [7, 11) is 0. The van der Waals surface area contributed by atoms with Crippen LogP contribution in [0, 0.1) is 0 Å². The van der Waals surface area contributed by atoms with Gasteiger partial charge in [0.2, 0.25) is 5.91 Å². The first-order valence-corrected chi connectivity index (χ1v) is 6.25. The maximum atomic E-state index is 11.8. The number of likely N-dealkylation sites (tertiary alicyclic amines) is 1. The second-order valence-electron chi connectivity index (χ2n) is 5.02. The van der Waals surface area contributed by atoms with Crippen LogP contribution in [0.2, 0.25) is 0 Å². The van der Waals surface area contributed by atoms with Crippen molar-refractivity contribution in [1.82, 2.24) is 4.90 Å². The van der Waals surface area contributed by atoms with Gasteiger partial charge in [0.25, 0.3) is 0 Å². The Kier molecular flexibility index (Phi) is 5.22. The summed E-state index contributed by atoms with van der Waals surface area (Å²) in [5.41, 5.74) is 4.71. The summed E-state index contributed by atoms with van der Waals surface area (Å²) in [5.74, 6) is 0.178. The third-order valence-corrected chi connectivity index (χ3v) is 3.12. The van der Waals surface area contributed by atoms with E-state index in [9.17, 15) is 9.90 Å². The van der Waals surface area contributed by atoms with E-state index in [4.69, 9.17) is 5.73 Å². The van der Waals surface area contributed by atoms with Gasteiger partial charge in [-0.3, -0.25) is 4.79 Å². The van der Waals surface area contributed by atoms with E-state index in [1.807, 2.05) is 0 Å². The smallest absolute Gasteiger partial charge is 0.222 e. The van der Waals surface area contributed by atoms with Crippen molar-refractivity contribution in [2.45, 2.75) is 51.0 Å². The van der Waals surface area contributed by atoms with E-state index in [1.165, 1.54) is 0 Å². The average Bonchev–Trinajstić information content (AvgIpc) is 2.22. The first kappa shape index (κ1) is 13.5. The second-order valence-corrected chi connectivity index (χ2v) is 5.02. The van der Waals surface area contributed by atoms with E-state index in [-0.39, 0.29) is 5.91 Å². The van der Waals surface area contributed by atoms with Gasteiger partial charge in [-0.15, -0.1) is 0 Å². The highest BCUT2D eigenvalue weighted by atomic mass is 16.3. The van der Waals surface area contributed by atoms with Crippen molar-refractivity contribution in [2.75, 3.05) is 19.6 Å². The minimum Gasteiger partial charge on any atom is -0.388 e. The van der Waals surface area contributed by atoms with Gasteiger partial charge in [0.1, 0.15) is 0 Å². The Hall–Kier alpha value is -0.610. The van der Waals surface area contributed by atoms with Crippen molar-refractivity contribution in [3.8, 4) is 0 Å². The molecule has 94 valence electrons. The Morgan fingerprint density at radius 3 is 2.81 bits per heavy atom. The monoisotopic (exact) mass is 228 g/mol. The lowest BCUT2D eigenvalue weighted by Crippen LogP contribution is -2.48. The van der Waals surface area contributed by atoms with Gasteiger partial charge < -0.3 is 15.7 Å². The van der Waals surface area contributed by atoms with Gasteiger partial charge in [0, 0.05) is 19.5 Å². The molecule has 1 aliphatic rings. The number of aliphatic hydroxyl groups is 1. The molecule has 16 heavy (non-hydrogen) atoms. The minimum atomic E-state index is -0.689. The number of β-amino-alcohol motifs (C(OH)–C–C–N with tert-alkyl or cyclic N) is 1. The molecule has 1 atom stereocenters. The molecule has 4 nitrogen and oxygen atoms in total. The Morgan fingerprint density at radius 2 is 2.19 bits per heavy atom. The molecule has 0 aromatic heterocycles. The number of rotatable bonds is 5. The molecule has 0 aromatic carbocycles. The molecule has 0 saturated carbocycles. The van der Waals surface area contributed by atoms with Crippen LogP contribution in [0.25, 0.3) is 0 Å². The molecule has 1 saturated heterocycles. The molecule has 4 heteroatoms. The fourth-order valence-electron chi connectivity index (χ4n) is 2.19. The number of unbranched alkanes of at least 4 members (excludes halogenated alkanes) is 2. The highest BCUT2D eigenvalue weighted by Crippen LogP contribution is 2.21. The summed E-state index contributed by atoms with van der Waals surface area (Å²) in [5, 5.41) is 9.89. The molecule has 1 fully saturated rings. The molecule has 0 radical (unpaired) electrons.